The van der Waals surface area contributed by atoms with Gasteiger partial charge in [0.05, 0.1) is 12.2 Å². The average Bonchev–Trinajstić information content (AvgIpc) is 2.44. The predicted octanol–water partition coefficient (Wildman–Crippen LogP) is 3.31. The van der Waals surface area contributed by atoms with Crippen LogP contribution in [0.5, 0.6) is 0 Å². The fraction of sp³-hybridized carbons (Fsp3) is 0.0714. The minimum atomic E-state index is -3.53. The van der Waals surface area contributed by atoms with E-state index in [1.54, 1.807) is 24.3 Å². The summed E-state index contributed by atoms with van der Waals surface area (Å²) in [5.74, 6) is 0. The second kappa shape index (κ2) is 5.03. The highest BCUT2D eigenvalue weighted by Gasteiger charge is 2.28. The van der Waals surface area contributed by atoms with Crippen molar-refractivity contribution in [2.24, 2.45) is 4.99 Å². The van der Waals surface area contributed by atoms with Gasteiger partial charge in [-0.1, -0.05) is 46.3 Å². The standard InChI is InChI=1S/C14H11BrN2O2S/c15-12-6-2-1-5-11(12)9-17-10-16-13-7-3-4-8-14(13)20(17,18)19/h1-8,10H,9H2. The van der Waals surface area contributed by atoms with E-state index in [-0.39, 0.29) is 11.4 Å². The summed E-state index contributed by atoms with van der Waals surface area (Å²) < 4.78 is 27.2. The Morgan fingerprint density at radius 3 is 2.55 bits per heavy atom. The highest BCUT2D eigenvalue weighted by atomic mass is 79.9. The quantitative estimate of drug-likeness (QED) is 0.834. The van der Waals surface area contributed by atoms with Gasteiger partial charge in [-0.3, -0.25) is 4.31 Å². The van der Waals surface area contributed by atoms with Crippen LogP contribution in [0.25, 0.3) is 0 Å². The van der Waals surface area contributed by atoms with E-state index in [1.165, 1.54) is 10.6 Å². The van der Waals surface area contributed by atoms with E-state index in [2.05, 4.69) is 20.9 Å². The molecule has 1 aliphatic rings. The zero-order valence-electron chi connectivity index (χ0n) is 10.4. The largest absolute Gasteiger partial charge is 0.267 e. The van der Waals surface area contributed by atoms with Crippen LogP contribution in [-0.2, 0) is 16.6 Å². The van der Waals surface area contributed by atoms with Crippen molar-refractivity contribution in [2.75, 3.05) is 0 Å². The van der Waals surface area contributed by atoms with E-state index in [0.717, 1.165) is 10.0 Å². The van der Waals surface area contributed by atoms with Crippen LogP contribution < -0.4 is 0 Å². The van der Waals surface area contributed by atoms with Gasteiger partial charge >= 0.3 is 0 Å². The molecule has 1 aliphatic heterocycles. The highest BCUT2D eigenvalue weighted by Crippen LogP contribution is 2.31. The van der Waals surface area contributed by atoms with Gasteiger partial charge in [-0.25, -0.2) is 13.4 Å². The van der Waals surface area contributed by atoms with Crippen molar-refractivity contribution in [3.63, 3.8) is 0 Å². The Morgan fingerprint density at radius 1 is 1.05 bits per heavy atom. The number of fused-ring (bicyclic) bond motifs is 1. The fourth-order valence-electron chi connectivity index (χ4n) is 2.02. The summed E-state index contributed by atoms with van der Waals surface area (Å²) in [5.41, 5.74) is 1.37. The lowest BCUT2D eigenvalue weighted by atomic mass is 10.2. The minimum Gasteiger partial charge on any atom is -0.252 e. The molecule has 2 aromatic carbocycles. The second-order valence-electron chi connectivity index (χ2n) is 4.35. The maximum Gasteiger partial charge on any atom is 0.267 e. The number of rotatable bonds is 2. The van der Waals surface area contributed by atoms with Gasteiger partial charge in [-0.2, -0.15) is 0 Å². The second-order valence-corrected chi connectivity index (χ2v) is 7.07. The third kappa shape index (κ3) is 2.25. The number of nitrogens with zero attached hydrogens (tertiary/aromatic N) is 2. The van der Waals surface area contributed by atoms with Crippen molar-refractivity contribution in [3.05, 3.63) is 58.6 Å². The SMILES string of the molecule is O=S1(=O)c2ccccc2N=CN1Cc1ccccc1Br. The number of benzene rings is 2. The Hall–Kier alpha value is -1.66. The average molecular weight is 351 g/mol. The summed E-state index contributed by atoms with van der Waals surface area (Å²) in [7, 11) is -3.53. The Bertz CT molecular complexity index is 787. The molecule has 0 fully saturated rings. The Kier molecular flexibility index (Phi) is 3.35. The van der Waals surface area contributed by atoms with Gasteiger partial charge in [-0.05, 0) is 23.8 Å². The van der Waals surface area contributed by atoms with Crippen molar-refractivity contribution >= 4 is 38.0 Å². The van der Waals surface area contributed by atoms with Crippen LogP contribution in [0.1, 0.15) is 5.56 Å². The third-order valence-electron chi connectivity index (χ3n) is 3.06. The molecular weight excluding hydrogens is 340 g/mol. The van der Waals surface area contributed by atoms with Gasteiger partial charge in [0.1, 0.15) is 11.2 Å². The Labute approximate surface area is 125 Å². The summed E-state index contributed by atoms with van der Waals surface area (Å²) in [4.78, 5) is 4.45. The van der Waals surface area contributed by atoms with E-state index in [9.17, 15) is 8.42 Å². The summed E-state index contributed by atoms with van der Waals surface area (Å²) in [6.45, 7) is 0.252. The number of hydrogen-bond acceptors (Lipinski definition) is 3. The van der Waals surface area contributed by atoms with E-state index in [0.29, 0.717) is 5.69 Å². The first-order valence-electron chi connectivity index (χ1n) is 5.97. The van der Waals surface area contributed by atoms with Gasteiger partial charge in [0.15, 0.2) is 0 Å². The number of aliphatic imine (C=N–C) groups is 1. The van der Waals surface area contributed by atoms with Crippen LogP contribution in [0, 0.1) is 0 Å². The molecule has 6 heteroatoms. The van der Waals surface area contributed by atoms with Crippen LogP contribution in [0.15, 0.2) is 62.9 Å². The summed E-state index contributed by atoms with van der Waals surface area (Å²) in [5, 5.41) is 0. The molecule has 0 aromatic heterocycles. The third-order valence-corrected chi connectivity index (χ3v) is 5.58. The monoisotopic (exact) mass is 350 g/mol. The molecule has 2 aromatic rings. The van der Waals surface area contributed by atoms with E-state index in [1.807, 2.05) is 24.3 Å². The molecule has 0 N–H and O–H groups in total. The Morgan fingerprint density at radius 2 is 1.75 bits per heavy atom. The maximum atomic E-state index is 12.5. The number of halogens is 1. The molecule has 0 bridgehead atoms. The lowest BCUT2D eigenvalue weighted by molar-refractivity contribution is 0.521. The van der Waals surface area contributed by atoms with E-state index in [4.69, 9.17) is 0 Å². The topological polar surface area (TPSA) is 49.7 Å². The van der Waals surface area contributed by atoms with Crippen LogP contribution in [0.2, 0.25) is 0 Å². The molecule has 0 saturated heterocycles. The summed E-state index contributed by atoms with van der Waals surface area (Å²) in [6, 6.07) is 14.3. The maximum absolute atomic E-state index is 12.5. The van der Waals surface area contributed by atoms with Gasteiger partial charge < -0.3 is 0 Å². The number of hydrogen-bond donors (Lipinski definition) is 0. The molecule has 3 rings (SSSR count). The highest BCUT2D eigenvalue weighted by molar-refractivity contribution is 9.10. The lowest BCUT2D eigenvalue weighted by Crippen LogP contribution is -2.31. The first-order valence-corrected chi connectivity index (χ1v) is 8.21. The molecule has 0 saturated carbocycles. The zero-order chi connectivity index (χ0) is 14.2. The molecule has 0 spiro atoms. The molecule has 0 aliphatic carbocycles. The predicted molar refractivity (Wildman–Crippen MR) is 81.5 cm³/mol. The fourth-order valence-corrected chi connectivity index (χ4v) is 3.80. The number of sulfonamides is 1. The zero-order valence-corrected chi connectivity index (χ0v) is 12.8. The number of para-hydroxylation sites is 1. The Balaban J connectivity index is 2.00. The first-order chi connectivity index (χ1) is 9.59. The van der Waals surface area contributed by atoms with Crippen molar-refractivity contribution in [3.8, 4) is 0 Å². The minimum absolute atomic E-state index is 0.245. The van der Waals surface area contributed by atoms with Crippen molar-refractivity contribution in [1.29, 1.82) is 0 Å². The van der Waals surface area contributed by atoms with Crippen LogP contribution in [0.3, 0.4) is 0 Å². The first kappa shape index (κ1) is 13.3. The van der Waals surface area contributed by atoms with E-state index < -0.39 is 10.0 Å². The summed E-state index contributed by atoms with van der Waals surface area (Å²) in [6.07, 6.45) is 1.37. The van der Waals surface area contributed by atoms with Crippen LogP contribution in [-0.4, -0.2) is 19.1 Å². The van der Waals surface area contributed by atoms with E-state index >= 15 is 0 Å². The molecular formula is C14H11BrN2O2S. The van der Waals surface area contributed by atoms with Crippen molar-refractivity contribution < 1.29 is 8.42 Å². The smallest absolute Gasteiger partial charge is 0.252 e. The van der Waals surface area contributed by atoms with Gasteiger partial charge in [-0.15, -0.1) is 0 Å². The molecule has 0 radical (unpaired) electrons. The molecule has 102 valence electrons. The van der Waals surface area contributed by atoms with Crippen LogP contribution in [0.4, 0.5) is 5.69 Å². The molecule has 0 atom stereocenters. The molecule has 0 unspecified atom stereocenters. The lowest BCUT2D eigenvalue weighted by Gasteiger charge is -2.24. The summed E-state index contributed by atoms with van der Waals surface area (Å²) >= 11 is 3.43. The van der Waals surface area contributed by atoms with Crippen LogP contribution >= 0.6 is 15.9 Å². The van der Waals surface area contributed by atoms with Gasteiger partial charge in [0.25, 0.3) is 10.0 Å². The van der Waals surface area contributed by atoms with Crippen molar-refractivity contribution in [2.45, 2.75) is 11.4 Å². The van der Waals surface area contributed by atoms with Gasteiger partial charge in [0.2, 0.25) is 0 Å². The van der Waals surface area contributed by atoms with Crippen molar-refractivity contribution in [1.82, 2.24) is 4.31 Å². The molecule has 4 nitrogen and oxygen atoms in total. The normalized spacial score (nSPS) is 15.9. The van der Waals surface area contributed by atoms with Gasteiger partial charge in [0, 0.05) is 4.47 Å². The molecule has 1 heterocycles. The molecule has 20 heavy (non-hydrogen) atoms. The molecule has 0 amide bonds.